The van der Waals surface area contributed by atoms with E-state index in [9.17, 15) is 14.7 Å². The number of carboxylic acids is 1. The van der Waals surface area contributed by atoms with Crippen molar-refractivity contribution in [1.82, 2.24) is 4.90 Å². The molecule has 5 heteroatoms. The van der Waals surface area contributed by atoms with E-state index in [-0.39, 0.29) is 5.91 Å². The Labute approximate surface area is 123 Å². The van der Waals surface area contributed by atoms with Crippen LogP contribution >= 0.6 is 0 Å². The minimum atomic E-state index is -1.01. The molecule has 2 rings (SSSR count). The number of aliphatic carboxylic acids is 1. The van der Waals surface area contributed by atoms with E-state index < -0.39 is 11.6 Å². The Hall–Kier alpha value is -2.14. The number of piperidine rings is 1. The summed E-state index contributed by atoms with van der Waals surface area (Å²) in [5.74, 6) is -1.12. The fourth-order valence-electron chi connectivity index (χ4n) is 2.48. The van der Waals surface area contributed by atoms with Gasteiger partial charge in [0, 0.05) is 24.7 Å². The van der Waals surface area contributed by atoms with E-state index in [0.29, 0.717) is 25.1 Å². The molecular formula is C16H19NO4. The van der Waals surface area contributed by atoms with Crippen molar-refractivity contribution < 1.29 is 19.8 Å². The number of carbonyl (C=O) groups is 2. The first kappa shape index (κ1) is 15.3. The molecule has 1 saturated heterocycles. The molecule has 5 nitrogen and oxygen atoms in total. The van der Waals surface area contributed by atoms with Gasteiger partial charge in [0.15, 0.2) is 0 Å². The standard InChI is InChI=1S/C16H19NO4/c1-16(21)9-2-10-17(11-16)15(20)13-6-3-12(4-7-13)5-8-14(18)19/h3-8,21H,2,9-11H2,1H3,(H,18,19)/b8-5+. The third-order valence-electron chi connectivity index (χ3n) is 3.54. The molecule has 1 aromatic rings. The molecule has 1 atom stereocenters. The van der Waals surface area contributed by atoms with E-state index >= 15 is 0 Å². The predicted octanol–water partition coefficient (Wildman–Crippen LogP) is 1.77. The molecule has 0 radical (unpaired) electrons. The molecule has 1 fully saturated rings. The maximum absolute atomic E-state index is 12.4. The van der Waals surface area contributed by atoms with E-state index in [1.54, 1.807) is 36.1 Å². The Bertz CT molecular complexity index is 560. The van der Waals surface area contributed by atoms with Crippen LogP contribution in [0, 0.1) is 0 Å². The van der Waals surface area contributed by atoms with E-state index in [1.165, 1.54) is 6.08 Å². The highest BCUT2D eigenvalue weighted by Gasteiger charge is 2.31. The van der Waals surface area contributed by atoms with Gasteiger partial charge in [-0.15, -0.1) is 0 Å². The molecule has 0 saturated carbocycles. The summed E-state index contributed by atoms with van der Waals surface area (Å²) in [5, 5.41) is 18.6. The molecule has 21 heavy (non-hydrogen) atoms. The minimum Gasteiger partial charge on any atom is -0.478 e. The summed E-state index contributed by atoms with van der Waals surface area (Å²) in [5.41, 5.74) is 0.442. The van der Waals surface area contributed by atoms with Crippen LogP contribution in [0.5, 0.6) is 0 Å². The normalized spacial score (nSPS) is 22.5. The number of benzene rings is 1. The second kappa shape index (κ2) is 6.10. The van der Waals surface area contributed by atoms with Gasteiger partial charge < -0.3 is 15.1 Å². The number of carboxylic acid groups (broad SMARTS) is 1. The number of β-amino-alcohol motifs (C(OH)–C–C–N with tert-alkyl or cyclic N) is 1. The van der Waals surface area contributed by atoms with E-state index in [0.717, 1.165) is 18.1 Å². The summed E-state index contributed by atoms with van der Waals surface area (Å²) in [4.78, 5) is 24.5. The Morgan fingerprint density at radius 3 is 2.52 bits per heavy atom. The van der Waals surface area contributed by atoms with Crippen molar-refractivity contribution in [2.45, 2.75) is 25.4 Å². The van der Waals surface area contributed by atoms with Gasteiger partial charge in [-0.05, 0) is 43.5 Å². The largest absolute Gasteiger partial charge is 0.478 e. The highest BCUT2D eigenvalue weighted by Crippen LogP contribution is 2.22. The smallest absolute Gasteiger partial charge is 0.328 e. The second-order valence-corrected chi connectivity index (χ2v) is 5.62. The summed E-state index contributed by atoms with van der Waals surface area (Å²) in [6.07, 6.45) is 4.02. The second-order valence-electron chi connectivity index (χ2n) is 5.62. The zero-order chi connectivity index (χ0) is 15.5. The Balaban J connectivity index is 2.08. The number of amides is 1. The van der Waals surface area contributed by atoms with Gasteiger partial charge in [-0.25, -0.2) is 4.79 Å². The maximum atomic E-state index is 12.4. The molecule has 112 valence electrons. The monoisotopic (exact) mass is 289 g/mol. The molecule has 1 amide bonds. The first-order chi connectivity index (χ1) is 9.87. The fourth-order valence-corrected chi connectivity index (χ4v) is 2.48. The van der Waals surface area contributed by atoms with Gasteiger partial charge in [-0.2, -0.15) is 0 Å². The van der Waals surface area contributed by atoms with Crippen molar-refractivity contribution >= 4 is 18.0 Å². The summed E-state index contributed by atoms with van der Waals surface area (Å²) in [6, 6.07) is 6.75. The van der Waals surface area contributed by atoms with Crippen LogP contribution in [0.2, 0.25) is 0 Å². The molecule has 1 aliphatic heterocycles. The van der Waals surface area contributed by atoms with Gasteiger partial charge in [-0.3, -0.25) is 4.79 Å². The lowest BCUT2D eigenvalue weighted by Gasteiger charge is -2.36. The van der Waals surface area contributed by atoms with Crippen molar-refractivity contribution in [3.63, 3.8) is 0 Å². The average molecular weight is 289 g/mol. The molecule has 0 bridgehead atoms. The lowest BCUT2D eigenvalue weighted by molar-refractivity contribution is -0.131. The molecule has 1 aliphatic rings. The number of nitrogens with zero attached hydrogens (tertiary/aromatic N) is 1. The zero-order valence-corrected chi connectivity index (χ0v) is 12.0. The van der Waals surface area contributed by atoms with Gasteiger partial charge in [0.05, 0.1) is 5.60 Å². The molecule has 2 N–H and O–H groups in total. The maximum Gasteiger partial charge on any atom is 0.328 e. The molecule has 1 aromatic carbocycles. The van der Waals surface area contributed by atoms with Crippen molar-refractivity contribution in [2.24, 2.45) is 0 Å². The third kappa shape index (κ3) is 4.16. The highest BCUT2D eigenvalue weighted by atomic mass is 16.4. The summed E-state index contributed by atoms with van der Waals surface area (Å²) in [6.45, 7) is 2.73. The molecule has 0 spiro atoms. The minimum absolute atomic E-state index is 0.108. The Morgan fingerprint density at radius 2 is 1.95 bits per heavy atom. The van der Waals surface area contributed by atoms with Gasteiger partial charge in [0.2, 0.25) is 0 Å². The molecule has 0 aliphatic carbocycles. The van der Waals surface area contributed by atoms with Crippen LogP contribution in [-0.2, 0) is 4.79 Å². The first-order valence-corrected chi connectivity index (χ1v) is 6.90. The van der Waals surface area contributed by atoms with Crippen LogP contribution in [0.25, 0.3) is 6.08 Å². The first-order valence-electron chi connectivity index (χ1n) is 6.90. The Morgan fingerprint density at radius 1 is 1.29 bits per heavy atom. The van der Waals surface area contributed by atoms with Crippen LogP contribution in [0.4, 0.5) is 0 Å². The van der Waals surface area contributed by atoms with E-state index in [2.05, 4.69) is 0 Å². The quantitative estimate of drug-likeness (QED) is 0.831. The number of hydrogen-bond donors (Lipinski definition) is 2. The van der Waals surface area contributed by atoms with Crippen LogP contribution in [0.3, 0.4) is 0 Å². The summed E-state index contributed by atoms with van der Waals surface area (Å²) in [7, 11) is 0. The fraction of sp³-hybridized carbons (Fsp3) is 0.375. The van der Waals surface area contributed by atoms with Gasteiger partial charge >= 0.3 is 5.97 Å². The lowest BCUT2D eigenvalue weighted by Crippen LogP contribution is -2.48. The predicted molar refractivity (Wildman–Crippen MR) is 78.9 cm³/mol. The number of aliphatic hydroxyl groups is 1. The lowest BCUT2D eigenvalue weighted by atomic mass is 9.94. The zero-order valence-electron chi connectivity index (χ0n) is 12.0. The van der Waals surface area contributed by atoms with Crippen molar-refractivity contribution in [1.29, 1.82) is 0 Å². The van der Waals surface area contributed by atoms with E-state index in [4.69, 9.17) is 5.11 Å². The van der Waals surface area contributed by atoms with Gasteiger partial charge in [0.1, 0.15) is 0 Å². The highest BCUT2D eigenvalue weighted by molar-refractivity contribution is 5.94. The van der Waals surface area contributed by atoms with Crippen LogP contribution in [-0.4, -0.2) is 45.7 Å². The third-order valence-corrected chi connectivity index (χ3v) is 3.54. The summed E-state index contributed by atoms with van der Waals surface area (Å²) >= 11 is 0. The Kier molecular flexibility index (Phi) is 4.43. The van der Waals surface area contributed by atoms with Crippen molar-refractivity contribution in [3.05, 3.63) is 41.5 Å². The van der Waals surface area contributed by atoms with Gasteiger partial charge in [0.25, 0.3) is 5.91 Å². The van der Waals surface area contributed by atoms with Crippen molar-refractivity contribution in [2.75, 3.05) is 13.1 Å². The molecular weight excluding hydrogens is 270 g/mol. The number of hydrogen-bond acceptors (Lipinski definition) is 3. The SMILES string of the molecule is CC1(O)CCCN(C(=O)c2ccc(/C=C/C(=O)O)cc2)C1. The van der Waals surface area contributed by atoms with Crippen LogP contribution < -0.4 is 0 Å². The van der Waals surface area contributed by atoms with Gasteiger partial charge in [-0.1, -0.05) is 12.1 Å². The number of carbonyl (C=O) groups excluding carboxylic acids is 1. The average Bonchev–Trinajstić information content (AvgIpc) is 2.44. The van der Waals surface area contributed by atoms with Crippen LogP contribution in [0.15, 0.2) is 30.3 Å². The van der Waals surface area contributed by atoms with E-state index in [1.807, 2.05) is 0 Å². The number of likely N-dealkylation sites (tertiary alicyclic amines) is 1. The number of rotatable bonds is 3. The topological polar surface area (TPSA) is 77.8 Å². The summed E-state index contributed by atoms with van der Waals surface area (Å²) < 4.78 is 0. The van der Waals surface area contributed by atoms with Crippen molar-refractivity contribution in [3.8, 4) is 0 Å². The molecule has 0 aromatic heterocycles. The van der Waals surface area contributed by atoms with Crippen LogP contribution in [0.1, 0.15) is 35.7 Å². The molecule has 1 heterocycles. The molecule has 1 unspecified atom stereocenters.